The summed E-state index contributed by atoms with van der Waals surface area (Å²) in [5.41, 5.74) is 2.26. The molecule has 3 aromatic rings. The van der Waals surface area contributed by atoms with Crippen molar-refractivity contribution in [1.82, 2.24) is 0 Å². The first kappa shape index (κ1) is 17.1. The third-order valence-electron chi connectivity index (χ3n) is 4.38. The molecule has 6 heteroatoms. The Balaban J connectivity index is 1.76. The van der Waals surface area contributed by atoms with Gasteiger partial charge in [-0.25, -0.2) is 0 Å². The summed E-state index contributed by atoms with van der Waals surface area (Å²) in [5.74, 6) is 0.549. The van der Waals surface area contributed by atoms with E-state index in [2.05, 4.69) is 0 Å². The number of ether oxygens (including phenoxy) is 1. The molecule has 1 atom stereocenters. The highest BCUT2D eigenvalue weighted by molar-refractivity contribution is 7.17. The second-order valence-corrected chi connectivity index (χ2v) is 7.49. The molecule has 1 aromatic heterocycles. The summed E-state index contributed by atoms with van der Waals surface area (Å²) in [4.78, 5) is 15.9. The predicted octanol–water partition coefficient (Wildman–Crippen LogP) is 4.77. The summed E-state index contributed by atoms with van der Waals surface area (Å²) < 4.78 is 5.68. The van der Waals surface area contributed by atoms with Crippen LogP contribution in [0.4, 0.5) is 5.69 Å². The minimum Gasteiger partial charge on any atom is -0.490 e. The number of aliphatic hydroxyl groups is 1. The highest BCUT2D eigenvalue weighted by Crippen LogP contribution is 2.43. The maximum absolute atomic E-state index is 13.0. The number of benzene rings is 2. The molecule has 0 aliphatic carbocycles. The van der Waals surface area contributed by atoms with Gasteiger partial charge in [-0.2, -0.15) is 0 Å². The number of fused-ring (bicyclic) bond motifs is 3. The first-order chi connectivity index (χ1) is 12.6. The molecule has 1 N–H and O–H groups in total. The van der Waals surface area contributed by atoms with Gasteiger partial charge in [-0.15, -0.1) is 11.3 Å². The van der Waals surface area contributed by atoms with Crippen LogP contribution in [0.1, 0.15) is 21.3 Å². The van der Waals surface area contributed by atoms with Crippen LogP contribution in [0.5, 0.6) is 5.75 Å². The van der Waals surface area contributed by atoms with Crippen molar-refractivity contribution in [3.63, 3.8) is 0 Å². The Morgan fingerprint density at radius 1 is 1.23 bits per heavy atom. The number of carbonyl (C=O) groups is 1. The lowest BCUT2D eigenvalue weighted by molar-refractivity contribution is 0.0995. The van der Waals surface area contributed by atoms with Crippen molar-refractivity contribution < 1.29 is 14.6 Å². The van der Waals surface area contributed by atoms with Crippen LogP contribution in [0, 0.1) is 0 Å². The molecule has 1 unspecified atom stereocenters. The van der Waals surface area contributed by atoms with Gasteiger partial charge in [0.25, 0.3) is 5.91 Å². The monoisotopic (exact) mass is 385 g/mol. The summed E-state index contributed by atoms with van der Waals surface area (Å²) in [6, 6.07) is 16.6. The summed E-state index contributed by atoms with van der Waals surface area (Å²) >= 11 is 7.57. The molecule has 26 heavy (non-hydrogen) atoms. The van der Waals surface area contributed by atoms with Crippen molar-refractivity contribution in [2.75, 3.05) is 18.6 Å². The van der Waals surface area contributed by atoms with Crippen LogP contribution in [0.2, 0.25) is 5.02 Å². The number of nitrogens with zero attached hydrogens (tertiary/aromatic N) is 1. The molecule has 0 spiro atoms. The largest absolute Gasteiger partial charge is 0.490 e. The number of rotatable bonds is 2. The summed E-state index contributed by atoms with van der Waals surface area (Å²) in [6.07, 6.45) is -0.777. The number of para-hydroxylation sites is 2. The van der Waals surface area contributed by atoms with Gasteiger partial charge in [0, 0.05) is 23.1 Å². The van der Waals surface area contributed by atoms with Crippen molar-refractivity contribution in [1.29, 1.82) is 0 Å². The van der Waals surface area contributed by atoms with Crippen molar-refractivity contribution in [2.24, 2.45) is 0 Å². The molecule has 1 aliphatic heterocycles. The maximum Gasteiger partial charge on any atom is 0.268 e. The fraction of sp³-hybridized carbons (Fsp3) is 0.150. The first-order valence-electron chi connectivity index (χ1n) is 8.13. The molecule has 4 nitrogen and oxygen atoms in total. The van der Waals surface area contributed by atoms with Crippen LogP contribution in [-0.4, -0.2) is 24.7 Å². The lowest BCUT2D eigenvalue weighted by atomic mass is 10.1. The number of carbonyl (C=O) groups excluding carboxylic acids is 1. The summed E-state index contributed by atoms with van der Waals surface area (Å²) in [5, 5.41) is 11.0. The number of hydrogen-bond acceptors (Lipinski definition) is 4. The van der Waals surface area contributed by atoms with E-state index in [1.54, 1.807) is 25.2 Å². The number of thiophene rings is 1. The van der Waals surface area contributed by atoms with Gasteiger partial charge in [0.2, 0.25) is 0 Å². The number of anilines is 1. The Labute approximate surface area is 160 Å². The van der Waals surface area contributed by atoms with E-state index in [-0.39, 0.29) is 12.5 Å². The fourth-order valence-corrected chi connectivity index (χ4v) is 4.49. The Hall–Kier alpha value is -2.34. The van der Waals surface area contributed by atoms with Crippen molar-refractivity contribution in [2.45, 2.75) is 6.10 Å². The molecule has 2 aromatic carbocycles. The quantitative estimate of drug-likeness (QED) is 0.691. The predicted molar refractivity (Wildman–Crippen MR) is 104 cm³/mol. The second-order valence-electron chi connectivity index (χ2n) is 6.03. The highest BCUT2D eigenvalue weighted by Gasteiger charge is 2.27. The average Bonchev–Trinajstić information content (AvgIpc) is 3.06. The number of aliphatic hydroxyl groups excluding tert-OH is 1. The highest BCUT2D eigenvalue weighted by atomic mass is 35.5. The normalized spacial score (nSPS) is 15.4. The topological polar surface area (TPSA) is 49.8 Å². The van der Waals surface area contributed by atoms with E-state index in [1.807, 2.05) is 36.4 Å². The minimum absolute atomic E-state index is 0.161. The molecule has 4 rings (SSSR count). The van der Waals surface area contributed by atoms with Gasteiger partial charge in [-0.1, -0.05) is 35.9 Å². The molecule has 0 fully saturated rings. The Bertz CT molecular complexity index is 985. The van der Waals surface area contributed by atoms with E-state index in [0.29, 0.717) is 21.3 Å². The molecule has 1 amide bonds. The standard InChI is InChI=1S/C20H16ClNO3S/c1-22(15-8-4-3-7-14(15)21)20(24)18-10-13-16(23)11-25-17-9-5-2-6-12(17)19(13)26-18/h2-10,16,23H,11H2,1H3. The van der Waals surface area contributed by atoms with Crippen LogP contribution in [0.25, 0.3) is 10.4 Å². The molecule has 1 aliphatic rings. The molecule has 0 saturated carbocycles. The van der Waals surface area contributed by atoms with Gasteiger partial charge in [0.15, 0.2) is 0 Å². The van der Waals surface area contributed by atoms with E-state index in [4.69, 9.17) is 16.3 Å². The SMILES string of the molecule is CN(C(=O)c1cc2c(s1)-c1ccccc1OCC2O)c1ccccc1Cl. The van der Waals surface area contributed by atoms with Gasteiger partial charge in [-0.05, 0) is 30.3 Å². The average molecular weight is 386 g/mol. The van der Waals surface area contributed by atoms with Gasteiger partial charge in [0.05, 0.1) is 15.6 Å². The number of amides is 1. The van der Waals surface area contributed by atoms with Crippen LogP contribution in [0.3, 0.4) is 0 Å². The van der Waals surface area contributed by atoms with Gasteiger partial charge < -0.3 is 14.7 Å². The maximum atomic E-state index is 13.0. The molecule has 0 radical (unpaired) electrons. The third kappa shape index (κ3) is 2.88. The van der Waals surface area contributed by atoms with E-state index in [9.17, 15) is 9.90 Å². The minimum atomic E-state index is -0.777. The Morgan fingerprint density at radius 3 is 2.77 bits per heavy atom. The van der Waals surface area contributed by atoms with E-state index in [0.717, 1.165) is 16.0 Å². The second kappa shape index (κ2) is 6.76. The van der Waals surface area contributed by atoms with Crippen LogP contribution in [-0.2, 0) is 0 Å². The molecule has 132 valence electrons. The molecule has 0 saturated heterocycles. The van der Waals surface area contributed by atoms with E-state index >= 15 is 0 Å². The molecule has 2 heterocycles. The third-order valence-corrected chi connectivity index (χ3v) is 5.87. The Morgan fingerprint density at radius 2 is 1.96 bits per heavy atom. The Kier molecular flexibility index (Phi) is 4.44. The summed E-state index contributed by atoms with van der Waals surface area (Å²) in [6.45, 7) is 0.161. The van der Waals surface area contributed by atoms with Crippen LogP contribution in [0.15, 0.2) is 54.6 Å². The van der Waals surface area contributed by atoms with Crippen LogP contribution >= 0.6 is 22.9 Å². The van der Waals surface area contributed by atoms with Crippen molar-refractivity contribution in [3.05, 3.63) is 70.1 Å². The van der Waals surface area contributed by atoms with Crippen LogP contribution < -0.4 is 9.64 Å². The zero-order valence-electron chi connectivity index (χ0n) is 14.0. The summed E-state index contributed by atoms with van der Waals surface area (Å²) in [7, 11) is 1.70. The van der Waals surface area contributed by atoms with Crippen molar-refractivity contribution in [3.8, 4) is 16.2 Å². The number of halogens is 1. The van der Waals surface area contributed by atoms with Gasteiger partial charge in [0.1, 0.15) is 18.5 Å². The zero-order chi connectivity index (χ0) is 18.3. The van der Waals surface area contributed by atoms with E-state index < -0.39 is 6.10 Å². The van der Waals surface area contributed by atoms with Crippen molar-refractivity contribution >= 4 is 34.5 Å². The van der Waals surface area contributed by atoms with Gasteiger partial charge >= 0.3 is 0 Å². The zero-order valence-corrected chi connectivity index (χ0v) is 15.6. The lowest BCUT2D eigenvalue weighted by Crippen LogP contribution is -2.25. The molecular formula is C20H16ClNO3S. The lowest BCUT2D eigenvalue weighted by Gasteiger charge is -2.17. The molecular weight excluding hydrogens is 370 g/mol. The first-order valence-corrected chi connectivity index (χ1v) is 9.32. The van der Waals surface area contributed by atoms with E-state index in [1.165, 1.54) is 16.2 Å². The number of hydrogen-bond donors (Lipinski definition) is 1. The molecule has 0 bridgehead atoms. The fourth-order valence-electron chi connectivity index (χ4n) is 3.01. The van der Waals surface area contributed by atoms with Gasteiger partial charge in [-0.3, -0.25) is 4.79 Å². The smallest absolute Gasteiger partial charge is 0.268 e.